The number of aromatic hydroxyl groups is 1. The molecule has 2 heterocycles. The maximum absolute atomic E-state index is 10.1. The molecule has 0 fully saturated rings. The van der Waals surface area contributed by atoms with Crippen molar-refractivity contribution in [2.24, 2.45) is 0 Å². The van der Waals surface area contributed by atoms with E-state index in [2.05, 4.69) is 20.3 Å². The molecule has 0 aliphatic rings. The molecule has 1 aromatic carbocycles. The summed E-state index contributed by atoms with van der Waals surface area (Å²) in [6.07, 6.45) is 6.12. The Morgan fingerprint density at radius 3 is 2.72 bits per heavy atom. The molecule has 0 atom stereocenters. The van der Waals surface area contributed by atoms with Gasteiger partial charge in [-0.05, 0) is 59.8 Å². The van der Waals surface area contributed by atoms with Crippen molar-refractivity contribution in [2.75, 3.05) is 11.1 Å². The molecule has 3 rings (SSSR count). The number of aromatic nitrogens is 3. The van der Waals surface area contributed by atoms with Gasteiger partial charge in [0.2, 0.25) is 5.28 Å². The van der Waals surface area contributed by atoms with Crippen LogP contribution in [0.2, 0.25) is 10.3 Å². The van der Waals surface area contributed by atoms with Gasteiger partial charge in [-0.1, -0.05) is 11.6 Å². The van der Waals surface area contributed by atoms with Crippen LogP contribution in [0, 0.1) is 0 Å². The van der Waals surface area contributed by atoms with Gasteiger partial charge in [-0.3, -0.25) is 4.98 Å². The smallest absolute Gasteiger partial charge is 0.224 e. The number of benzene rings is 1. The van der Waals surface area contributed by atoms with Gasteiger partial charge in [0.15, 0.2) is 5.82 Å². The molecule has 3 aromatic rings. The number of nitrogen functional groups attached to an aromatic ring is 1. The number of nitrogens with zero attached hydrogens (tertiary/aromatic N) is 3. The van der Waals surface area contributed by atoms with E-state index >= 15 is 0 Å². The molecule has 0 radical (unpaired) electrons. The van der Waals surface area contributed by atoms with Gasteiger partial charge in [0.1, 0.15) is 10.8 Å². The molecule has 0 aliphatic carbocycles. The summed E-state index contributed by atoms with van der Waals surface area (Å²) in [7, 11) is 0. The van der Waals surface area contributed by atoms with Gasteiger partial charge < -0.3 is 16.2 Å². The van der Waals surface area contributed by atoms with Crippen LogP contribution in [-0.2, 0) is 12.8 Å². The molecule has 0 bridgehead atoms. The zero-order chi connectivity index (χ0) is 17.8. The number of halogens is 2. The number of phenolic OH excluding ortho intramolecular Hbond substituents is 1. The summed E-state index contributed by atoms with van der Waals surface area (Å²) in [6, 6.07) is 7.05. The first-order valence-corrected chi connectivity index (χ1v) is 8.23. The van der Waals surface area contributed by atoms with Crippen molar-refractivity contribution in [3.63, 3.8) is 0 Å². The van der Waals surface area contributed by atoms with Crippen LogP contribution in [0.15, 0.2) is 42.9 Å². The minimum Gasteiger partial charge on any atom is -0.508 e. The topological polar surface area (TPSA) is 97.0 Å². The maximum Gasteiger partial charge on any atom is 0.224 e. The van der Waals surface area contributed by atoms with E-state index in [9.17, 15) is 5.11 Å². The van der Waals surface area contributed by atoms with E-state index in [0.717, 1.165) is 16.8 Å². The minimum atomic E-state index is 0.0973. The molecule has 4 N–H and O–H groups in total. The third-order valence-corrected chi connectivity index (χ3v) is 4.01. The Labute approximate surface area is 154 Å². The number of aryl methyl sites for hydroxylation is 2. The molecular weight excluding hydrogens is 361 g/mol. The number of nitrogens with two attached hydrogens (primary N) is 1. The number of anilines is 3. The number of hydrogen-bond acceptors (Lipinski definition) is 6. The zero-order valence-electron chi connectivity index (χ0n) is 13.1. The molecule has 0 saturated carbocycles. The second-order valence-corrected chi connectivity index (χ2v) is 6.18. The van der Waals surface area contributed by atoms with E-state index in [1.807, 2.05) is 12.1 Å². The van der Waals surface area contributed by atoms with Crippen LogP contribution in [0.4, 0.5) is 17.2 Å². The predicted molar refractivity (Wildman–Crippen MR) is 99.5 cm³/mol. The molecule has 2 aromatic heterocycles. The monoisotopic (exact) mass is 375 g/mol. The summed E-state index contributed by atoms with van der Waals surface area (Å²) in [5, 5.41) is 13.6. The van der Waals surface area contributed by atoms with Gasteiger partial charge in [-0.2, -0.15) is 4.98 Å². The van der Waals surface area contributed by atoms with Crippen LogP contribution < -0.4 is 11.1 Å². The van der Waals surface area contributed by atoms with Crippen molar-refractivity contribution in [3.8, 4) is 5.75 Å². The van der Waals surface area contributed by atoms with Crippen molar-refractivity contribution >= 4 is 40.4 Å². The largest absolute Gasteiger partial charge is 0.508 e. The third-order valence-electron chi connectivity index (χ3n) is 3.56. The van der Waals surface area contributed by atoms with Crippen LogP contribution in [0.25, 0.3) is 0 Å². The van der Waals surface area contributed by atoms with Gasteiger partial charge in [0.25, 0.3) is 0 Å². The maximum atomic E-state index is 10.1. The number of phenols is 1. The van der Waals surface area contributed by atoms with Crippen molar-refractivity contribution in [2.45, 2.75) is 12.8 Å². The van der Waals surface area contributed by atoms with Crippen LogP contribution in [0.3, 0.4) is 0 Å². The lowest BCUT2D eigenvalue weighted by molar-refractivity contribution is 0.468. The summed E-state index contributed by atoms with van der Waals surface area (Å²) in [5.74, 6) is 0.618. The van der Waals surface area contributed by atoms with E-state index in [0.29, 0.717) is 29.4 Å². The first-order chi connectivity index (χ1) is 12.0. The quantitative estimate of drug-likeness (QED) is 0.460. The van der Waals surface area contributed by atoms with E-state index < -0.39 is 0 Å². The first-order valence-electron chi connectivity index (χ1n) is 7.47. The van der Waals surface area contributed by atoms with Gasteiger partial charge in [-0.25, -0.2) is 4.98 Å². The van der Waals surface area contributed by atoms with Crippen LogP contribution >= 0.6 is 23.2 Å². The van der Waals surface area contributed by atoms with Crippen molar-refractivity contribution in [1.82, 2.24) is 15.0 Å². The first kappa shape index (κ1) is 17.3. The Morgan fingerprint density at radius 1 is 1.08 bits per heavy atom. The molecule has 0 unspecified atom stereocenters. The lowest BCUT2D eigenvalue weighted by atomic mass is 10.0. The molecule has 0 saturated heterocycles. The van der Waals surface area contributed by atoms with E-state index in [1.165, 1.54) is 6.20 Å². The van der Waals surface area contributed by atoms with Crippen LogP contribution in [0.5, 0.6) is 5.75 Å². The summed E-state index contributed by atoms with van der Waals surface area (Å²) in [4.78, 5) is 11.9. The third kappa shape index (κ3) is 4.49. The molecule has 0 amide bonds. The van der Waals surface area contributed by atoms with Crippen molar-refractivity contribution < 1.29 is 5.11 Å². The van der Waals surface area contributed by atoms with Crippen LogP contribution in [0.1, 0.15) is 11.1 Å². The number of nitrogens with one attached hydrogen (secondary N) is 1. The fraction of sp³-hybridized carbons (Fsp3) is 0.118. The van der Waals surface area contributed by atoms with Gasteiger partial charge in [0, 0.05) is 18.1 Å². The summed E-state index contributed by atoms with van der Waals surface area (Å²) < 4.78 is 0. The SMILES string of the molecule is Nc1cncc(CCc2cc(Nc3nc(Cl)ncc3Cl)ccc2O)c1. The predicted octanol–water partition coefficient (Wildman–Crippen LogP) is 4.00. The summed E-state index contributed by atoms with van der Waals surface area (Å²) in [5.41, 5.74) is 8.87. The van der Waals surface area contributed by atoms with E-state index in [4.69, 9.17) is 28.9 Å². The lowest BCUT2D eigenvalue weighted by Crippen LogP contribution is -1.99. The Balaban J connectivity index is 1.77. The summed E-state index contributed by atoms with van der Waals surface area (Å²) >= 11 is 11.9. The average molecular weight is 376 g/mol. The average Bonchev–Trinajstić information content (AvgIpc) is 2.58. The number of hydrogen-bond donors (Lipinski definition) is 3. The Hall–Kier alpha value is -2.57. The van der Waals surface area contributed by atoms with Crippen molar-refractivity contribution in [1.29, 1.82) is 0 Å². The highest BCUT2D eigenvalue weighted by Gasteiger charge is 2.08. The van der Waals surface area contributed by atoms with E-state index in [1.54, 1.807) is 24.5 Å². The standard InChI is InChI=1S/C17H15Cl2N5O/c18-14-9-22-17(19)24-16(14)23-13-3-4-15(25)11(6-13)2-1-10-5-12(20)8-21-7-10/h3-9,25H,1-2,20H2,(H,22,23,24). The van der Waals surface area contributed by atoms with E-state index in [-0.39, 0.29) is 11.0 Å². The zero-order valence-corrected chi connectivity index (χ0v) is 14.6. The van der Waals surface area contributed by atoms with Gasteiger partial charge in [-0.15, -0.1) is 0 Å². The van der Waals surface area contributed by atoms with Crippen molar-refractivity contribution in [3.05, 3.63) is 64.3 Å². The fourth-order valence-electron chi connectivity index (χ4n) is 2.36. The highest BCUT2D eigenvalue weighted by atomic mass is 35.5. The molecule has 6 nitrogen and oxygen atoms in total. The Bertz CT molecular complexity index is 904. The van der Waals surface area contributed by atoms with Gasteiger partial charge >= 0.3 is 0 Å². The molecule has 0 aliphatic heterocycles. The molecule has 8 heteroatoms. The normalized spacial score (nSPS) is 10.6. The lowest BCUT2D eigenvalue weighted by Gasteiger charge is -2.11. The summed E-state index contributed by atoms with van der Waals surface area (Å²) in [6.45, 7) is 0. The molecule has 0 spiro atoms. The fourth-order valence-corrected chi connectivity index (χ4v) is 2.63. The molecule has 25 heavy (non-hydrogen) atoms. The Kier molecular flexibility index (Phi) is 5.21. The number of pyridine rings is 1. The van der Waals surface area contributed by atoms with Gasteiger partial charge in [0.05, 0.1) is 11.9 Å². The minimum absolute atomic E-state index is 0.0973. The van der Waals surface area contributed by atoms with Crippen LogP contribution in [-0.4, -0.2) is 20.1 Å². The number of rotatable bonds is 5. The molecular formula is C17H15Cl2N5O. The second kappa shape index (κ2) is 7.55. The Morgan fingerprint density at radius 2 is 1.92 bits per heavy atom. The molecule has 128 valence electrons. The highest BCUT2D eigenvalue weighted by Crippen LogP contribution is 2.28. The second-order valence-electron chi connectivity index (χ2n) is 5.43. The highest BCUT2D eigenvalue weighted by molar-refractivity contribution is 6.33.